The van der Waals surface area contributed by atoms with Crippen LogP contribution in [0.2, 0.25) is 0 Å². The Balaban J connectivity index is 1.90. The number of benzene rings is 1. The zero-order chi connectivity index (χ0) is 14.8. The second-order valence-electron chi connectivity index (χ2n) is 6.34. The summed E-state index contributed by atoms with van der Waals surface area (Å²) in [5.74, 6) is 0. The molecule has 0 aliphatic carbocycles. The first-order chi connectivity index (χ1) is 9.35. The first-order valence-corrected chi connectivity index (χ1v) is 7.33. The van der Waals surface area contributed by atoms with Crippen LogP contribution in [0, 0.1) is 0 Å². The summed E-state index contributed by atoms with van der Waals surface area (Å²) in [4.78, 5) is 4.66. The minimum Gasteiger partial charge on any atom is -0.389 e. The van der Waals surface area contributed by atoms with Gasteiger partial charge >= 0.3 is 0 Å². The van der Waals surface area contributed by atoms with E-state index in [9.17, 15) is 10.2 Å². The van der Waals surface area contributed by atoms with E-state index in [1.807, 2.05) is 26.0 Å². The fourth-order valence-electron chi connectivity index (χ4n) is 2.68. The normalized spacial score (nSPS) is 19.1. The quantitative estimate of drug-likeness (QED) is 0.879. The molecule has 0 bridgehead atoms. The molecule has 1 aromatic carbocycles. The lowest BCUT2D eigenvalue weighted by Crippen LogP contribution is -2.50. The van der Waals surface area contributed by atoms with E-state index in [0.29, 0.717) is 0 Å². The summed E-state index contributed by atoms with van der Waals surface area (Å²) >= 11 is 0. The van der Waals surface area contributed by atoms with Gasteiger partial charge in [0.15, 0.2) is 0 Å². The minimum absolute atomic E-state index is 0.410. The van der Waals surface area contributed by atoms with Crippen molar-refractivity contribution in [3.63, 3.8) is 0 Å². The molecule has 1 heterocycles. The second kappa shape index (κ2) is 6.12. The van der Waals surface area contributed by atoms with Gasteiger partial charge in [0.1, 0.15) is 0 Å². The molecule has 1 aliphatic heterocycles. The minimum atomic E-state index is -0.624. The van der Waals surface area contributed by atoms with E-state index in [1.165, 1.54) is 5.69 Å². The SMILES string of the molecule is CC(O)c1ccc(N2CCN(CC(C)(C)O)CC2)cc1. The van der Waals surface area contributed by atoms with E-state index in [2.05, 4.69) is 21.9 Å². The zero-order valence-corrected chi connectivity index (χ0v) is 12.7. The second-order valence-corrected chi connectivity index (χ2v) is 6.34. The smallest absolute Gasteiger partial charge is 0.0761 e. The van der Waals surface area contributed by atoms with Crippen molar-refractivity contribution in [2.24, 2.45) is 0 Å². The summed E-state index contributed by atoms with van der Waals surface area (Å²) in [6.45, 7) is 10.1. The van der Waals surface area contributed by atoms with Gasteiger partial charge in [0, 0.05) is 38.4 Å². The van der Waals surface area contributed by atoms with Crippen LogP contribution in [0.15, 0.2) is 24.3 Å². The van der Waals surface area contributed by atoms with Gasteiger partial charge in [-0.15, -0.1) is 0 Å². The summed E-state index contributed by atoms with van der Waals surface area (Å²) in [6, 6.07) is 8.13. The van der Waals surface area contributed by atoms with Crippen molar-refractivity contribution in [3.05, 3.63) is 29.8 Å². The molecule has 1 fully saturated rings. The third kappa shape index (κ3) is 4.20. The Kier molecular flexibility index (Phi) is 4.68. The van der Waals surface area contributed by atoms with Crippen LogP contribution in [0.1, 0.15) is 32.4 Å². The topological polar surface area (TPSA) is 46.9 Å². The number of β-amino-alcohol motifs (C(OH)–C–C–N with tert-alkyl or cyclic N) is 1. The number of anilines is 1. The van der Waals surface area contributed by atoms with Crippen molar-refractivity contribution in [3.8, 4) is 0 Å². The van der Waals surface area contributed by atoms with Gasteiger partial charge in [-0.1, -0.05) is 12.1 Å². The summed E-state index contributed by atoms with van der Waals surface area (Å²) < 4.78 is 0. The predicted molar refractivity (Wildman–Crippen MR) is 82.0 cm³/mol. The van der Waals surface area contributed by atoms with Crippen LogP contribution < -0.4 is 4.90 Å². The number of hydrogen-bond acceptors (Lipinski definition) is 4. The van der Waals surface area contributed by atoms with Crippen molar-refractivity contribution < 1.29 is 10.2 Å². The van der Waals surface area contributed by atoms with Crippen LogP contribution in [0.5, 0.6) is 0 Å². The van der Waals surface area contributed by atoms with E-state index in [-0.39, 0.29) is 0 Å². The maximum atomic E-state index is 9.86. The molecule has 1 saturated heterocycles. The molecule has 0 saturated carbocycles. The lowest BCUT2D eigenvalue weighted by Gasteiger charge is -2.38. The van der Waals surface area contributed by atoms with Crippen LogP contribution >= 0.6 is 0 Å². The van der Waals surface area contributed by atoms with Crippen LogP contribution in [-0.2, 0) is 0 Å². The van der Waals surface area contributed by atoms with Crippen molar-refractivity contribution in [1.82, 2.24) is 4.90 Å². The lowest BCUT2D eigenvalue weighted by atomic mass is 10.1. The molecule has 112 valence electrons. The Morgan fingerprint density at radius 1 is 1.10 bits per heavy atom. The molecule has 20 heavy (non-hydrogen) atoms. The van der Waals surface area contributed by atoms with Gasteiger partial charge in [-0.2, -0.15) is 0 Å². The molecule has 0 spiro atoms. The molecule has 2 rings (SSSR count). The Morgan fingerprint density at radius 2 is 1.65 bits per heavy atom. The molecule has 0 radical (unpaired) electrons. The van der Waals surface area contributed by atoms with E-state index in [4.69, 9.17) is 0 Å². The number of hydrogen-bond donors (Lipinski definition) is 2. The summed E-state index contributed by atoms with van der Waals surface area (Å²) in [5.41, 5.74) is 1.54. The molecule has 2 N–H and O–H groups in total. The molecular formula is C16H26N2O2. The van der Waals surface area contributed by atoms with E-state index in [0.717, 1.165) is 38.3 Å². The Bertz CT molecular complexity index is 415. The molecule has 1 unspecified atom stereocenters. The van der Waals surface area contributed by atoms with Crippen LogP contribution in [0.25, 0.3) is 0 Å². The molecule has 1 aliphatic rings. The highest BCUT2D eigenvalue weighted by Crippen LogP contribution is 2.20. The van der Waals surface area contributed by atoms with Crippen molar-refractivity contribution >= 4 is 5.69 Å². The maximum Gasteiger partial charge on any atom is 0.0761 e. The largest absolute Gasteiger partial charge is 0.389 e. The van der Waals surface area contributed by atoms with Crippen molar-refractivity contribution in [2.45, 2.75) is 32.5 Å². The monoisotopic (exact) mass is 278 g/mol. The Labute approximate surface area is 121 Å². The summed E-state index contributed by atoms with van der Waals surface area (Å²) in [6.07, 6.45) is -0.410. The van der Waals surface area contributed by atoms with Crippen molar-refractivity contribution in [2.75, 3.05) is 37.6 Å². The first-order valence-electron chi connectivity index (χ1n) is 7.33. The molecule has 4 heteroatoms. The number of rotatable bonds is 4. The van der Waals surface area contributed by atoms with Crippen LogP contribution in [0.4, 0.5) is 5.69 Å². The van der Waals surface area contributed by atoms with E-state index >= 15 is 0 Å². The highest BCUT2D eigenvalue weighted by atomic mass is 16.3. The zero-order valence-electron chi connectivity index (χ0n) is 12.7. The van der Waals surface area contributed by atoms with Gasteiger partial charge in [0.25, 0.3) is 0 Å². The molecule has 0 aromatic heterocycles. The van der Waals surface area contributed by atoms with Gasteiger partial charge in [-0.25, -0.2) is 0 Å². The van der Waals surface area contributed by atoms with E-state index in [1.54, 1.807) is 6.92 Å². The first kappa shape index (κ1) is 15.3. The number of aliphatic hydroxyl groups excluding tert-OH is 1. The average molecular weight is 278 g/mol. The number of aliphatic hydroxyl groups is 2. The molecular weight excluding hydrogens is 252 g/mol. The van der Waals surface area contributed by atoms with E-state index < -0.39 is 11.7 Å². The Morgan fingerprint density at radius 3 is 2.10 bits per heavy atom. The fourth-order valence-corrected chi connectivity index (χ4v) is 2.68. The molecule has 1 atom stereocenters. The fraction of sp³-hybridized carbons (Fsp3) is 0.625. The van der Waals surface area contributed by atoms with Crippen LogP contribution in [-0.4, -0.2) is 53.4 Å². The highest BCUT2D eigenvalue weighted by molar-refractivity contribution is 5.48. The third-order valence-corrected chi connectivity index (χ3v) is 3.72. The predicted octanol–water partition coefficient (Wildman–Crippen LogP) is 1.63. The Hall–Kier alpha value is -1.10. The van der Waals surface area contributed by atoms with Crippen molar-refractivity contribution in [1.29, 1.82) is 0 Å². The standard InChI is InChI=1S/C16H26N2O2/c1-13(19)14-4-6-15(7-5-14)18-10-8-17(9-11-18)12-16(2,3)20/h4-7,13,19-20H,8-12H2,1-3H3. The average Bonchev–Trinajstić information content (AvgIpc) is 2.38. The lowest BCUT2D eigenvalue weighted by molar-refractivity contribution is 0.0345. The van der Waals surface area contributed by atoms with Gasteiger partial charge in [0.2, 0.25) is 0 Å². The number of piperazine rings is 1. The van der Waals surface area contributed by atoms with Gasteiger partial charge in [0.05, 0.1) is 11.7 Å². The molecule has 4 nitrogen and oxygen atoms in total. The van der Waals surface area contributed by atoms with Gasteiger partial charge in [-0.05, 0) is 38.5 Å². The van der Waals surface area contributed by atoms with Gasteiger partial charge < -0.3 is 15.1 Å². The molecule has 0 amide bonds. The molecule has 1 aromatic rings. The number of nitrogens with zero attached hydrogens (tertiary/aromatic N) is 2. The third-order valence-electron chi connectivity index (χ3n) is 3.72. The highest BCUT2D eigenvalue weighted by Gasteiger charge is 2.22. The van der Waals surface area contributed by atoms with Crippen LogP contribution in [0.3, 0.4) is 0 Å². The summed E-state index contributed by atoms with van der Waals surface area (Å²) in [5, 5.41) is 19.4. The maximum absolute atomic E-state index is 9.86. The summed E-state index contributed by atoms with van der Waals surface area (Å²) in [7, 11) is 0. The van der Waals surface area contributed by atoms with Gasteiger partial charge in [-0.3, -0.25) is 4.90 Å².